The van der Waals surface area contributed by atoms with Crippen molar-refractivity contribution in [2.24, 2.45) is 17.3 Å². The van der Waals surface area contributed by atoms with Gasteiger partial charge in [-0.3, -0.25) is 0 Å². The third kappa shape index (κ3) is 1.53. The summed E-state index contributed by atoms with van der Waals surface area (Å²) in [5, 5.41) is 0. The number of rotatable bonds is 0. The second kappa shape index (κ2) is 2.56. The summed E-state index contributed by atoms with van der Waals surface area (Å²) < 4.78 is 0. The van der Waals surface area contributed by atoms with Crippen LogP contribution in [0.2, 0.25) is 0 Å². The van der Waals surface area contributed by atoms with E-state index in [-0.39, 0.29) is 0 Å². The summed E-state index contributed by atoms with van der Waals surface area (Å²) in [6.07, 6.45) is 5.32. The highest BCUT2D eigenvalue weighted by molar-refractivity contribution is 4.96. The van der Waals surface area contributed by atoms with E-state index in [0.29, 0.717) is 5.41 Å². The Labute approximate surface area is 65.0 Å². The molecule has 0 heterocycles. The van der Waals surface area contributed by atoms with E-state index in [0.717, 1.165) is 11.8 Å². The lowest BCUT2D eigenvalue weighted by atomic mass is 9.66. The largest absolute Gasteiger partial charge is 0.0622 e. The van der Waals surface area contributed by atoms with Crippen LogP contribution in [-0.2, 0) is 0 Å². The van der Waals surface area contributed by atoms with Crippen LogP contribution in [0.1, 0.15) is 40.5 Å². The molecule has 1 radical (unpaired) electrons. The van der Waals surface area contributed by atoms with Crippen molar-refractivity contribution < 1.29 is 0 Å². The van der Waals surface area contributed by atoms with Crippen molar-refractivity contribution in [3.63, 3.8) is 0 Å². The molecule has 0 nitrogen and oxygen atoms in total. The van der Waals surface area contributed by atoms with Gasteiger partial charge in [-0.1, -0.05) is 34.1 Å². The molecule has 1 saturated carbocycles. The molecule has 1 rings (SSSR count). The zero-order valence-corrected chi connectivity index (χ0v) is 7.65. The molecule has 0 saturated heterocycles. The zero-order chi connectivity index (χ0) is 7.78. The topological polar surface area (TPSA) is 0 Å². The molecule has 59 valence electrons. The molecule has 2 unspecified atom stereocenters. The summed E-state index contributed by atoms with van der Waals surface area (Å²) in [7, 11) is 0. The van der Waals surface area contributed by atoms with E-state index in [1.54, 1.807) is 0 Å². The molecular weight excluding hydrogens is 120 g/mol. The molecular formula is C10H19. The molecule has 0 amide bonds. The molecule has 0 N–H and O–H groups in total. The third-order valence-electron chi connectivity index (χ3n) is 3.04. The van der Waals surface area contributed by atoms with Gasteiger partial charge in [0, 0.05) is 0 Å². The zero-order valence-electron chi connectivity index (χ0n) is 7.65. The molecule has 1 fully saturated rings. The van der Waals surface area contributed by atoms with Crippen molar-refractivity contribution in [3.8, 4) is 0 Å². The molecule has 0 heteroatoms. The van der Waals surface area contributed by atoms with E-state index >= 15 is 0 Å². The molecule has 0 aliphatic heterocycles. The fraction of sp³-hybridized carbons (Fsp3) is 0.900. The van der Waals surface area contributed by atoms with Crippen molar-refractivity contribution in [2.45, 2.75) is 40.5 Å². The highest BCUT2D eigenvalue weighted by Crippen LogP contribution is 2.41. The maximum absolute atomic E-state index is 2.52. The summed E-state index contributed by atoms with van der Waals surface area (Å²) in [6.45, 7) is 9.40. The van der Waals surface area contributed by atoms with Gasteiger partial charge in [-0.05, 0) is 30.1 Å². The summed E-state index contributed by atoms with van der Waals surface area (Å²) in [5.74, 6) is 1.72. The second-order valence-corrected chi connectivity index (χ2v) is 4.44. The van der Waals surface area contributed by atoms with Crippen LogP contribution in [0.5, 0.6) is 0 Å². The molecule has 2 atom stereocenters. The van der Waals surface area contributed by atoms with Crippen molar-refractivity contribution >= 4 is 0 Å². The number of hydrogen-bond donors (Lipinski definition) is 0. The molecule has 0 aromatic carbocycles. The molecule has 0 aromatic heterocycles. The van der Waals surface area contributed by atoms with Crippen LogP contribution < -0.4 is 0 Å². The highest BCUT2D eigenvalue weighted by Gasteiger charge is 2.31. The summed E-state index contributed by atoms with van der Waals surface area (Å²) >= 11 is 0. The molecule has 0 bridgehead atoms. The van der Waals surface area contributed by atoms with Gasteiger partial charge in [0.15, 0.2) is 0 Å². The molecule has 1 aliphatic rings. The maximum Gasteiger partial charge on any atom is -0.0295 e. The van der Waals surface area contributed by atoms with Gasteiger partial charge in [-0.15, -0.1) is 0 Å². The predicted molar refractivity (Wildman–Crippen MR) is 45.6 cm³/mol. The Bertz CT molecular complexity index is 113. The van der Waals surface area contributed by atoms with Crippen LogP contribution in [0.25, 0.3) is 0 Å². The molecule has 0 spiro atoms. The Morgan fingerprint density at radius 3 is 2.20 bits per heavy atom. The Balaban J connectivity index is 2.55. The van der Waals surface area contributed by atoms with Crippen LogP contribution in [0, 0.1) is 23.7 Å². The van der Waals surface area contributed by atoms with E-state index in [2.05, 4.69) is 34.1 Å². The lowest BCUT2D eigenvalue weighted by Gasteiger charge is -2.39. The SMILES string of the molecule is CC1[CH]C(C)(C)C(C)CC1. The predicted octanol–water partition coefficient (Wildman–Crippen LogP) is 3.28. The normalized spacial score (nSPS) is 39.6. The van der Waals surface area contributed by atoms with E-state index < -0.39 is 0 Å². The third-order valence-corrected chi connectivity index (χ3v) is 3.04. The van der Waals surface area contributed by atoms with Crippen LogP contribution in [0.4, 0.5) is 0 Å². The molecule has 0 aromatic rings. The smallest absolute Gasteiger partial charge is 0.0295 e. The van der Waals surface area contributed by atoms with Crippen LogP contribution in [0.15, 0.2) is 0 Å². The van der Waals surface area contributed by atoms with Gasteiger partial charge in [-0.2, -0.15) is 0 Å². The van der Waals surface area contributed by atoms with E-state index in [4.69, 9.17) is 0 Å². The Morgan fingerprint density at radius 2 is 1.80 bits per heavy atom. The first-order valence-electron chi connectivity index (χ1n) is 4.38. The quantitative estimate of drug-likeness (QED) is 0.483. The lowest BCUT2D eigenvalue weighted by Crippen LogP contribution is -2.29. The fourth-order valence-electron chi connectivity index (χ4n) is 1.87. The van der Waals surface area contributed by atoms with Gasteiger partial charge >= 0.3 is 0 Å². The van der Waals surface area contributed by atoms with E-state index in [9.17, 15) is 0 Å². The average Bonchev–Trinajstić information content (AvgIpc) is 1.78. The minimum Gasteiger partial charge on any atom is -0.0622 e. The van der Waals surface area contributed by atoms with Crippen LogP contribution in [-0.4, -0.2) is 0 Å². The fourth-order valence-corrected chi connectivity index (χ4v) is 1.87. The summed E-state index contributed by atoms with van der Waals surface area (Å²) in [4.78, 5) is 0. The Morgan fingerprint density at radius 1 is 1.20 bits per heavy atom. The summed E-state index contributed by atoms with van der Waals surface area (Å²) in [6, 6.07) is 0. The standard InChI is InChI=1S/C10H19/c1-8-5-6-9(2)10(3,4)7-8/h7-9H,5-6H2,1-4H3. The van der Waals surface area contributed by atoms with Crippen molar-refractivity contribution in [1.82, 2.24) is 0 Å². The maximum atomic E-state index is 2.52. The molecule has 10 heavy (non-hydrogen) atoms. The van der Waals surface area contributed by atoms with Crippen molar-refractivity contribution in [3.05, 3.63) is 6.42 Å². The van der Waals surface area contributed by atoms with Gasteiger partial charge in [-0.25, -0.2) is 0 Å². The van der Waals surface area contributed by atoms with Gasteiger partial charge in [0.2, 0.25) is 0 Å². The van der Waals surface area contributed by atoms with Crippen LogP contribution >= 0.6 is 0 Å². The minimum absolute atomic E-state index is 0.484. The first-order chi connectivity index (χ1) is 4.52. The van der Waals surface area contributed by atoms with Crippen molar-refractivity contribution in [1.29, 1.82) is 0 Å². The monoisotopic (exact) mass is 139 g/mol. The summed E-state index contributed by atoms with van der Waals surface area (Å²) in [5.41, 5.74) is 0.484. The number of hydrogen-bond acceptors (Lipinski definition) is 0. The minimum atomic E-state index is 0.484. The van der Waals surface area contributed by atoms with Gasteiger partial charge in [0.1, 0.15) is 0 Å². The van der Waals surface area contributed by atoms with E-state index in [1.807, 2.05) is 0 Å². The Kier molecular flexibility index (Phi) is 2.07. The molecule has 1 aliphatic carbocycles. The van der Waals surface area contributed by atoms with Crippen LogP contribution in [0.3, 0.4) is 0 Å². The van der Waals surface area contributed by atoms with E-state index in [1.165, 1.54) is 12.8 Å². The lowest BCUT2D eigenvalue weighted by molar-refractivity contribution is 0.187. The van der Waals surface area contributed by atoms with Gasteiger partial charge in [0.25, 0.3) is 0 Å². The van der Waals surface area contributed by atoms with Gasteiger partial charge < -0.3 is 0 Å². The average molecular weight is 139 g/mol. The first kappa shape index (κ1) is 8.10. The highest BCUT2D eigenvalue weighted by atomic mass is 14.4. The van der Waals surface area contributed by atoms with Crippen molar-refractivity contribution in [2.75, 3.05) is 0 Å². The van der Waals surface area contributed by atoms with Gasteiger partial charge in [0.05, 0.1) is 0 Å². The Hall–Kier alpha value is 0. The first-order valence-corrected chi connectivity index (χ1v) is 4.38. The second-order valence-electron chi connectivity index (χ2n) is 4.44.